The minimum absolute atomic E-state index is 0.199. The molecule has 0 saturated carbocycles. The Hall–Kier alpha value is -0.410. The molecule has 1 aromatic rings. The van der Waals surface area contributed by atoms with E-state index in [-0.39, 0.29) is 5.82 Å². The number of benzene rings is 1. The summed E-state index contributed by atoms with van der Waals surface area (Å²) in [6.07, 6.45) is 2.41. The Labute approximate surface area is 99.4 Å². The lowest BCUT2D eigenvalue weighted by molar-refractivity contribution is 0.320. The Morgan fingerprint density at radius 1 is 1.40 bits per heavy atom. The van der Waals surface area contributed by atoms with Crippen molar-refractivity contribution in [1.82, 2.24) is 4.90 Å². The molecule has 0 bridgehead atoms. The van der Waals surface area contributed by atoms with Crippen molar-refractivity contribution in [2.75, 3.05) is 13.6 Å². The summed E-state index contributed by atoms with van der Waals surface area (Å²) < 4.78 is 13.5. The number of hydrogen-bond acceptors (Lipinski definition) is 1. The summed E-state index contributed by atoms with van der Waals surface area (Å²) in [6.45, 7) is 4.15. The van der Waals surface area contributed by atoms with E-state index < -0.39 is 0 Å². The van der Waals surface area contributed by atoms with Crippen LogP contribution in [0.1, 0.15) is 25.3 Å². The minimum Gasteiger partial charge on any atom is -0.302 e. The first kappa shape index (κ1) is 12.7. The van der Waals surface area contributed by atoms with Gasteiger partial charge in [0.05, 0.1) is 4.47 Å². The molecule has 0 aromatic heterocycles. The van der Waals surface area contributed by atoms with Crippen LogP contribution in [0.5, 0.6) is 0 Å². The number of hydrogen-bond donors (Lipinski definition) is 0. The van der Waals surface area contributed by atoms with E-state index in [1.807, 2.05) is 12.1 Å². The molecule has 84 valence electrons. The van der Waals surface area contributed by atoms with Gasteiger partial charge in [0.2, 0.25) is 0 Å². The molecule has 0 unspecified atom stereocenters. The molecule has 1 aromatic carbocycles. The largest absolute Gasteiger partial charge is 0.302 e. The molecule has 1 rings (SSSR count). The Morgan fingerprint density at radius 2 is 2.13 bits per heavy atom. The third-order valence-electron chi connectivity index (χ3n) is 2.33. The predicted molar refractivity (Wildman–Crippen MR) is 65.3 cm³/mol. The summed E-state index contributed by atoms with van der Waals surface area (Å²) in [5.41, 5.74) is 1.14. The van der Waals surface area contributed by atoms with Crippen molar-refractivity contribution in [2.45, 2.75) is 26.3 Å². The fraction of sp³-hybridized carbons (Fsp3) is 0.500. The van der Waals surface area contributed by atoms with Crippen LogP contribution in [0.3, 0.4) is 0 Å². The second-order valence-electron chi connectivity index (χ2n) is 3.84. The van der Waals surface area contributed by atoms with Crippen LogP contribution in [0.4, 0.5) is 4.39 Å². The van der Waals surface area contributed by atoms with Gasteiger partial charge in [0.1, 0.15) is 5.82 Å². The van der Waals surface area contributed by atoms with Gasteiger partial charge < -0.3 is 4.90 Å². The maximum absolute atomic E-state index is 13.0. The number of unbranched alkanes of at least 4 members (excludes halogenated alkanes) is 1. The molecular formula is C12H17BrFN. The van der Waals surface area contributed by atoms with Crippen LogP contribution in [0.15, 0.2) is 22.7 Å². The van der Waals surface area contributed by atoms with E-state index in [0.717, 1.165) is 18.7 Å². The van der Waals surface area contributed by atoms with Gasteiger partial charge in [-0.05, 0) is 53.6 Å². The molecule has 15 heavy (non-hydrogen) atoms. The fourth-order valence-corrected chi connectivity index (χ4v) is 1.88. The topological polar surface area (TPSA) is 3.24 Å². The minimum atomic E-state index is -0.199. The summed E-state index contributed by atoms with van der Waals surface area (Å²) in [7, 11) is 2.09. The lowest BCUT2D eigenvalue weighted by Gasteiger charge is -2.16. The molecule has 0 aliphatic rings. The second kappa shape index (κ2) is 6.23. The average molecular weight is 274 g/mol. The van der Waals surface area contributed by atoms with Gasteiger partial charge in [0, 0.05) is 6.54 Å². The predicted octanol–water partition coefficient (Wildman–Crippen LogP) is 3.82. The van der Waals surface area contributed by atoms with Crippen LogP contribution < -0.4 is 0 Å². The van der Waals surface area contributed by atoms with E-state index >= 15 is 0 Å². The zero-order chi connectivity index (χ0) is 11.3. The van der Waals surface area contributed by atoms with Crippen molar-refractivity contribution >= 4 is 15.9 Å². The van der Waals surface area contributed by atoms with E-state index in [4.69, 9.17) is 0 Å². The van der Waals surface area contributed by atoms with Crippen molar-refractivity contribution in [2.24, 2.45) is 0 Å². The smallest absolute Gasteiger partial charge is 0.137 e. The van der Waals surface area contributed by atoms with Crippen molar-refractivity contribution in [3.8, 4) is 0 Å². The summed E-state index contributed by atoms with van der Waals surface area (Å²) >= 11 is 3.20. The highest BCUT2D eigenvalue weighted by atomic mass is 79.9. The lowest BCUT2D eigenvalue weighted by Crippen LogP contribution is -2.18. The molecule has 3 heteroatoms. The van der Waals surface area contributed by atoms with Crippen molar-refractivity contribution in [3.63, 3.8) is 0 Å². The van der Waals surface area contributed by atoms with Crippen LogP contribution >= 0.6 is 15.9 Å². The van der Waals surface area contributed by atoms with Crippen molar-refractivity contribution < 1.29 is 4.39 Å². The number of rotatable bonds is 5. The number of halogens is 2. The molecule has 0 radical (unpaired) electrons. The van der Waals surface area contributed by atoms with Crippen LogP contribution in [-0.2, 0) is 6.54 Å². The summed E-state index contributed by atoms with van der Waals surface area (Å²) in [6, 6.07) is 5.19. The van der Waals surface area contributed by atoms with E-state index in [9.17, 15) is 4.39 Å². The third-order valence-corrected chi connectivity index (χ3v) is 2.94. The molecule has 0 atom stereocenters. The van der Waals surface area contributed by atoms with Gasteiger partial charge in [-0.2, -0.15) is 0 Å². The first-order valence-corrected chi connectivity index (χ1v) is 6.05. The lowest BCUT2D eigenvalue weighted by atomic mass is 10.2. The molecule has 0 N–H and O–H groups in total. The molecule has 0 aliphatic carbocycles. The van der Waals surface area contributed by atoms with Gasteiger partial charge in [0.25, 0.3) is 0 Å². The van der Waals surface area contributed by atoms with Crippen molar-refractivity contribution in [1.29, 1.82) is 0 Å². The van der Waals surface area contributed by atoms with Crippen LogP contribution in [-0.4, -0.2) is 18.5 Å². The van der Waals surface area contributed by atoms with Crippen LogP contribution in [0.2, 0.25) is 0 Å². The highest BCUT2D eigenvalue weighted by molar-refractivity contribution is 9.10. The Kier molecular flexibility index (Phi) is 5.26. The van der Waals surface area contributed by atoms with Gasteiger partial charge in [0.15, 0.2) is 0 Å². The zero-order valence-corrected chi connectivity index (χ0v) is 10.8. The van der Waals surface area contributed by atoms with Gasteiger partial charge >= 0.3 is 0 Å². The summed E-state index contributed by atoms with van der Waals surface area (Å²) in [5.74, 6) is -0.199. The fourth-order valence-electron chi connectivity index (χ4n) is 1.46. The maximum atomic E-state index is 13.0. The quantitative estimate of drug-likeness (QED) is 0.789. The first-order chi connectivity index (χ1) is 7.13. The van der Waals surface area contributed by atoms with E-state index in [0.29, 0.717) is 4.47 Å². The molecule has 0 heterocycles. The highest BCUT2D eigenvalue weighted by Gasteiger charge is 2.03. The summed E-state index contributed by atoms with van der Waals surface area (Å²) in [4.78, 5) is 2.25. The zero-order valence-electron chi connectivity index (χ0n) is 9.26. The Balaban J connectivity index is 2.53. The third kappa shape index (κ3) is 4.31. The van der Waals surface area contributed by atoms with Gasteiger partial charge in [-0.1, -0.05) is 19.4 Å². The van der Waals surface area contributed by atoms with E-state index in [1.54, 1.807) is 0 Å². The first-order valence-electron chi connectivity index (χ1n) is 5.26. The molecule has 1 nitrogen and oxygen atoms in total. The van der Waals surface area contributed by atoms with Gasteiger partial charge in [-0.15, -0.1) is 0 Å². The van der Waals surface area contributed by atoms with Crippen LogP contribution in [0.25, 0.3) is 0 Å². The second-order valence-corrected chi connectivity index (χ2v) is 4.69. The van der Waals surface area contributed by atoms with Crippen LogP contribution in [0, 0.1) is 5.82 Å². The standard InChI is InChI=1S/C12H17BrFN/c1-3-4-7-15(2)9-10-5-6-12(14)11(13)8-10/h5-6,8H,3-4,7,9H2,1-2H3. The van der Waals surface area contributed by atoms with Gasteiger partial charge in [-0.25, -0.2) is 4.39 Å². The van der Waals surface area contributed by atoms with Crippen molar-refractivity contribution in [3.05, 3.63) is 34.1 Å². The SMILES string of the molecule is CCCCN(C)Cc1ccc(F)c(Br)c1. The average Bonchev–Trinajstić information content (AvgIpc) is 2.20. The Morgan fingerprint density at radius 3 is 2.73 bits per heavy atom. The van der Waals surface area contributed by atoms with Gasteiger partial charge in [-0.3, -0.25) is 0 Å². The van der Waals surface area contributed by atoms with E-state index in [1.165, 1.54) is 18.9 Å². The maximum Gasteiger partial charge on any atom is 0.137 e. The monoisotopic (exact) mass is 273 g/mol. The number of nitrogens with zero attached hydrogens (tertiary/aromatic N) is 1. The normalized spacial score (nSPS) is 11.0. The molecule has 0 saturated heterocycles. The molecular weight excluding hydrogens is 257 g/mol. The Bertz CT molecular complexity index is 314. The molecule has 0 aliphatic heterocycles. The molecule has 0 fully saturated rings. The molecule has 0 amide bonds. The molecule has 0 spiro atoms. The summed E-state index contributed by atoms with van der Waals surface area (Å²) in [5, 5.41) is 0. The van der Waals surface area contributed by atoms with E-state index in [2.05, 4.69) is 34.8 Å². The highest BCUT2D eigenvalue weighted by Crippen LogP contribution is 2.17.